The van der Waals surface area contributed by atoms with E-state index in [-0.39, 0.29) is 5.88 Å². The highest BCUT2D eigenvalue weighted by molar-refractivity contribution is 5.78. The molecule has 0 unspecified atom stereocenters. The lowest BCUT2D eigenvalue weighted by atomic mass is 10.2. The Kier molecular flexibility index (Phi) is 3.00. The molecule has 7 nitrogen and oxygen atoms in total. The highest BCUT2D eigenvalue weighted by Gasteiger charge is 2.11. The van der Waals surface area contributed by atoms with Gasteiger partial charge in [-0.25, -0.2) is 0 Å². The zero-order chi connectivity index (χ0) is 13.9. The molecule has 0 fully saturated rings. The van der Waals surface area contributed by atoms with Crippen LogP contribution in [0.4, 0.5) is 11.6 Å². The van der Waals surface area contributed by atoms with Gasteiger partial charge >= 0.3 is 5.88 Å². The second-order valence-corrected chi connectivity index (χ2v) is 4.11. The molecule has 3 rings (SSSR count). The van der Waals surface area contributed by atoms with Crippen molar-refractivity contribution in [2.24, 2.45) is 0 Å². The van der Waals surface area contributed by atoms with Crippen molar-refractivity contribution in [3.8, 4) is 0 Å². The lowest BCUT2D eigenvalue weighted by molar-refractivity contribution is -0.402. The molecule has 20 heavy (non-hydrogen) atoms. The van der Waals surface area contributed by atoms with E-state index in [0.29, 0.717) is 12.3 Å². The molecular formula is C13H10N4O3. The van der Waals surface area contributed by atoms with E-state index in [1.165, 1.54) is 6.07 Å². The van der Waals surface area contributed by atoms with E-state index in [4.69, 9.17) is 4.42 Å². The van der Waals surface area contributed by atoms with Gasteiger partial charge in [-0.1, -0.05) is 0 Å². The van der Waals surface area contributed by atoms with Crippen molar-refractivity contribution in [3.63, 3.8) is 0 Å². The number of benzene rings is 1. The van der Waals surface area contributed by atoms with Gasteiger partial charge in [-0.15, -0.1) is 0 Å². The van der Waals surface area contributed by atoms with Crippen LogP contribution in [0.3, 0.4) is 0 Å². The summed E-state index contributed by atoms with van der Waals surface area (Å²) in [6.45, 7) is 0.361. The molecule has 0 radical (unpaired) electrons. The summed E-state index contributed by atoms with van der Waals surface area (Å²) in [6, 6.07) is 8.50. The van der Waals surface area contributed by atoms with Crippen molar-refractivity contribution in [1.29, 1.82) is 0 Å². The number of nitrogens with zero attached hydrogens (tertiary/aromatic N) is 3. The van der Waals surface area contributed by atoms with Crippen LogP contribution in [0.15, 0.2) is 47.1 Å². The van der Waals surface area contributed by atoms with Gasteiger partial charge in [0.25, 0.3) is 0 Å². The van der Waals surface area contributed by atoms with E-state index in [0.717, 1.165) is 16.7 Å². The van der Waals surface area contributed by atoms with Crippen LogP contribution in [0, 0.1) is 10.1 Å². The fourth-order valence-electron chi connectivity index (χ4n) is 1.82. The van der Waals surface area contributed by atoms with Crippen LogP contribution in [0.25, 0.3) is 11.0 Å². The summed E-state index contributed by atoms with van der Waals surface area (Å²) < 4.78 is 5.06. The van der Waals surface area contributed by atoms with Gasteiger partial charge in [-0.3, -0.25) is 20.1 Å². The number of anilines is 1. The number of fused-ring (bicyclic) bond motifs is 1. The summed E-state index contributed by atoms with van der Waals surface area (Å²) in [7, 11) is 0. The van der Waals surface area contributed by atoms with Crippen LogP contribution in [0.5, 0.6) is 0 Å². The summed E-state index contributed by atoms with van der Waals surface area (Å²) in [5, 5.41) is 13.6. The molecule has 2 heterocycles. The van der Waals surface area contributed by atoms with Crippen LogP contribution >= 0.6 is 0 Å². The first kappa shape index (κ1) is 12.1. The predicted molar refractivity (Wildman–Crippen MR) is 72.2 cm³/mol. The van der Waals surface area contributed by atoms with E-state index >= 15 is 0 Å². The second-order valence-electron chi connectivity index (χ2n) is 4.11. The Morgan fingerprint density at radius 2 is 1.95 bits per heavy atom. The van der Waals surface area contributed by atoms with Gasteiger partial charge in [0.05, 0.1) is 23.6 Å². The molecule has 0 saturated heterocycles. The number of aromatic nitrogens is 2. The molecule has 2 aromatic heterocycles. The van der Waals surface area contributed by atoms with Gasteiger partial charge < -0.3 is 9.73 Å². The summed E-state index contributed by atoms with van der Waals surface area (Å²) in [4.78, 5) is 18.3. The van der Waals surface area contributed by atoms with Crippen molar-refractivity contribution >= 4 is 22.6 Å². The molecule has 0 saturated carbocycles. The van der Waals surface area contributed by atoms with Crippen molar-refractivity contribution in [3.05, 3.63) is 58.6 Å². The maximum Gasteiger partial charge on any atom is 0.433 e. The third-order valence-corrected chi connectivity index (χ3v) is 2.76. The summed E-state index contributed by atoms with van der Waals surface area (Å²) in [5.74, 6) is 0.238. The monoisotopic (exact) mass is 270 g/mol. The third kappa shape index (κ3) is 2.41. The molecule has 0 aliphatic carbocycles. The highest BCUT2D eigenvalue weighted by atomic mass is 16.6. The fraction of sp³-hybridized carbons (Fsp3) is 0.0769. The van der Waals surface area contributed by atoms with Crippen LogP contribution in [-0.4, -0.2) is 14.9 Å². The van der Waals surface area contributed by atoms with E-state index in [2.05, 4.69) is 15.3 Å². The molecule has 0 aliphatic rings. The Morgan fingerprint density at radius 1 is 1.15 bits per heavy atom. The summed E-state index contributed by atoms with van der Waals surface area (Å²) in [5.41, 5.74) is 2.44. The zero-order valence-corrected chi connectivity index (χ0v) is 10.3. The van der Waals surface area contributed by atoms with Crippen molar-refractivity contribution in [2.45, 2.75) is 6.54 Å². The minimum atomic E-state index is -0.560. The SMILES string of the molecule is O=[N+]([O-])c1ccc(CNc2ccc3nccnc3c2)o1. The molecule has 7 heteroatoms. The van der Waals surface area contributed by atoms with Crippen molar-refractivity contribution < 1.29 is 9.34 Å². The molecule has 100 valence electrons. The molecule has 0 aliphatic heterocycles. The number of nitrogens with one attached hydrogen (secondary N) is 1. The first-order chi connectivity index (χ1) is 9.72. The predicted octanol–water partition coefficient (Wildman–Crippen LogP) is 2.74. The van der Waals surface area contributed by atoms with E-state index in [9.17, 15) is 10.1 Å². The van der Waals surface area contributed by atoms with Gasteiger partial charge in [-0.2, -0.15) is 0 Å². The number of hydrogen-bond donors (Lipinski definition) is 1. The molecular weight excluding hydrogens is 260 g/mol. The van der Waals surface area contributed by atoms with Gasteiger partial charge in [0.15, 0.2) is 0 Å². The van der Waals surface area contributed by atoms with Crippen LogP contribution in [0.1, 0.15) is 5.76 Å². The Hall–Kier alpha value is -2.96. The normalized spacial score (nSPS) is 10.6. The Balaban J connectivity index is 1.74. The maximum absolute atomic E-state index is 10.5. The molecule has 0 bridgehead atoms. The largest absolute Gasteiger partial charge is 0.433 e. The zero-order valence-electron chi connectivity index (χ0n) is 10.3. The van der Waals surface area contributed by atoms with E-state index < -0.39 is 4.92 Å². The first-order valence-corrected chi connectivity index (χ1v) is 5.90. The van der Waals surface area contributed by atoms with E-state index in [1.54, 1.807) is 18.5 Å². The Morgan fingerprint density at radius 3 is 2.70 bits per heavy atom. The molecule has 1 N–H and O–H groups in total. The Bertz CT molecular complexity index is 769. The van der Waals surface area contributed by atoms with Crippen LogP contribution in [-0.2, 0) is 6.54 Å². The lowest BCUT2D eigenvalue weighted by Crippen LogP contribution is -1.98. The molecule has 3 aromatic rings. The topological polar surface area (TPSA) is 94.1 Å². The lowest BCUT2D eigenvalue weighted by Gasteiger charge is -2.04. The number of hydrogen-bond acceptors (Lipinski definition) is 6. The van der Waals surface area contributed by atoms with E-state index in [1.807, 2.05) is 18.2 Å². The fourth-order valence-corrected chi connectivity index (χ4v) is 1.82. The summed E-state index contributed by atoms with van der Waals surface area (Å²) >= 11 is 0. The average molecular weight is 270 g/mol. The quantitative estimate of drug-likeness (QED) is 0.578. The standard InChI is InChI=1S/C13H10N4O3/c18-17(19)13-4-2-10(20-13)8-16-9-1-3-11-12(7-9)15-6-5-14-11/h1-7,16H,8H2. The average Bonchev–Trinajstić information content (AvgIpc) is 2.94. The van der Waals surface area contributed by atoms with Crippen molar-refractivity contribution in [2.75, 3.05) is 5.32 Å². The van der Waals surface area contributed by atoms with Crippen molar-refractivity contribution in [1.82, 2.24) is 9.97 Å². The van der Waals surface area contributed by atoms with Crippen LogP contribution < -0.4 is 5.32 Å². The van der Waals surface area contributed by atoms with Gasteiger partial charge in [0.2, 0.25) is 0 Å². The third-order valence-electron chi connectivity index (χ3n) is 2.76. The number of nitro groups is 1. The molecule has 0 atom stereocenters. The van der Waals surface area contributed by atoms with Crippen LogP contribution in [0.2, 0.25) is 0 Å². The molecule has 0 amide bonds. The second kappa shape index (κ2) is 4.96. The number of rotatable bonds is 4. The minimum absolute atomic E-state index is 0.258. The molecule has 1 aromatic carbocycles. The smallest absolute Gasteiger partial charge is 0.404 e. The first-order valence-electron chi connectivity index (χ1n) is 5.90. The maximum atomic E-state index is 10.5. The minimum Gasteiger partial charge on any atom is -0.404 e. The van der Waals surface area contributed by atoms with Gasteiger partial charge in [0.1, 0.15) is 10.7 Å². The van der Waals surface area contributed by atoms with Gasteiger partial charge in [-0.05, 0) is 24.3 Å². The van der Waals surface area contributed by atoms with Gasteiger partial charge in [0, 0.05) is 18.1 Å². The number of furan rings is 1. The summed E-state index contributed by atoms with van der Waals surface area (Å²) in [6.07, 6.45) is 3.26. The Labute approximate surface area is 113 Å². The highest BCUT2D eigenvalue weighted by Crippen LogP contribution is 2.19. The molecule has 0 spiro atoms.